The number of rotatable bonds is 6. The zero-order valence-electron chi connectivity index (χ0n) is 18.4. The van der Waals surface area contributed by atoms with Gasteiger partial charge in [0.25, 0.3) is 0 Å². The Kier molecular flexibility index (Phi) is 8.05. The summed E-state index contributed by atoms with van der Waals surface area (Å²) in [7, 11) is 2.67. The lowest BCUT2D eigenvalue weighted by atomic mass is 10.0. The number of hydrogen-bond acceptors (Lipinski definition) is 7. The quantitative estimate of drug-likeness (QED) is 0.568. The van der Waals surface area contributed by atoms with Crippen molar-refractivity contribution in [3.05, 3.63) is 29.3 Å². The van der Waals surface area contributed by atoms with Gasteiger partial charge in [-0.3, -0.25) is 0 Å². The van der Waals surface area contributed by atoms with Gasteiger partial charge in [0, 0.05) is 6.42 Å². The predicted molar refractivity (Wildman–Crippen MR) is 107 cm³/mol. The Morgan fingerprint density at radius 1 is 0.966 bits per heavy atom. The highest BCUT2D eigenvalue weighted by molar-refractivity contribution is 5.93. The highest BCUT2D eigenvalue weighted by atomic mass is 16.6. The number of carbonyl (C=O) groups is 3. The molecule has 0 spiro atoms. The third-order valence-corrected chi connectivity index (χ3v) is 3.50. The molecule has 0 aliphatic rings. The number of carbonyl (C=O) groups excluding carboxylic acids is 3. The molecule has 0 saturated heterocycles. The summed E-state index contributed by atoms with van der Waals surface area (Å²) in [5, 5.41) is 2.51. The van der Waals surface area contributed by atoms with Gasteiger partial charge in [-0.05, 0) is 59.2 Å². The molecule has 1 N–H and O–H groups in total. The van der Waals surface area contributed by atoms with Gasteiger partial charge in [0.2, 0.25) is 0 Å². The highest BCUT2D eigenvalue weighted by Crippen LogP contribution is 2.24. The summed E-state index contributed by atoms with van der Waals surface area (Å²) in [5.41, 5.74) is -0.432. The largest absolute Gasteiger partial charge is 0.496 e. The van der Waals surface area contributed by atoms with Crippen molar-refractivity contribution < 1.29 is 33.3 Å². The molecule has 8 nitrogen and oxygen atoms in total. The van der Waals surface area contributed by atoms with Crippen LogP contribution < -0.4 is 10.1 Å². The molecule has 1 rings (SSSR count). The number of nitrogens with one attached hydrogen (secondary N) is 1. The van der Waals surface area contributed by atoms with Crippen molar-refractivity contribution in [2.24, 2.45) is 0 Å². The van der Waals surface area contributed by atoms with E-state index >= 15 is 0 Å². The number of esters is 2. The Morgan fingerprint density at radius 3 is 2.03 bits per heavy atom. The van der Waals surface area contributed by atoms with Crippen molar-refractivity contribution >= 4 is 18.0 Å². The van der Waals surface area contributed by atoms with Crippen LogP contribution in [0.3, 0.4) is 0 Å². The van der Waals surface area contributed by atoms with E-state index in [9.17, 15) is 14.4 Å². The van der Waals surface area contributed by atoms with Crippen molar-refractivity contribution in [3.8, 4) is 5.75 Å². The summed E-state index contributed by atoms with van der Waals surface area (Å²) in [4.78, 5) is 36.5. The van der Waals surface area contributed by atoms with Crippen LogP contribution in [0.25, 0.3) is 0 Å². The summed E-state index contributed by atoms with van der Waals surface area (Å²) in [6, 6.07) is 3.87. The normalized spacial score (nSPS) is 12.6. The third-order valence-electron chi connectivity index (χ3n) is 3.50. The summed E-state index contributed by atoms with van der Waals surface area (Å²) in [6.07, 6.45) is -0.609. The Bertz CT molecular complexity index is 744. The SMILES string of the molecule is COC(=O)C(Cc1ccc(C(=O)OC(C)(C)C)c(OC)c1)NC(=O)OC(C)(C)C. The zero-order chi connectivity index (χ0) is 22.4. The standard InChI is InChI=1S/C21H31NO7/c1-20(2,3)28-17(23)14-10-9-13(12-16(14)26-7)11-15(18(24)27-8)22-19(25)29-21(4,5)6/h9-10,12,15H,11H2,1-8H3,(H,22,25). The molecule has 0 fully saturated rings. The van der Waals surface area contributed by atoms with Gasteiger partial charge in [0.15, 0.2) is 0 Å². The Hall–Kier alpha value is -2.77. The molecule has 1 aromatic carbocycles. The van der Waals surface area contributed by atoms with Crippen LogP contribution >= 0.6 is 0 Å². The van der Waals surface area contributed by atoms with Crippen molar-refractivity contribution in [1.82, 2.24) is 5.32 Å². The van der Waals surface area contributed by atoms with E-state index in [-0.39, 0.29) is 12.0 Å². The first-order valence-electron chi connectivity index (χ1n) is 9.23. The fourth-order valence-corrected chi connectivity index (χ4v) is 2.39. The van der Waals surface area contributed by atoms with Crippen LogP contribution in [0.15, 0.2) is 18.2 Å². The van der Waals surface area contributed by atoms with Crippen molar-refractivity contribution in [2.75, 3.05) is 14.2 Å². The fraction of sp³-hybridized carbons (Fsp3) is 0.571. The van der Waals surface area contributed by atoms with Gasteiger partial charge in [-0.2, -0.15) is 0 Å². The first kappa shape index (κ1) is 24.3. The van der Waals surface area contributed by atoms with E-state index in [4.69, 9.17) is 18.9 Å². The van der Waals surface area contributed by atoms with E-state index < -0.39 is 35.3 Å². The summed E-state index contributed by atoms with van der Waals surface area (Å²) >= 11 is 0. The number of ether oxygens (including phenoxy) is 4. The minimum atomic E-state index is -0.966. The minimum Gasteiger partial charge on any atom is -0.496 e. The Morgan fingerprint density at radius 2 is 1.55 bits per heavy atom. The molecule has 1 atom stereocenters. The molecular weight excluding hydrogens is 378 g/mol. The van der Waals surface area contributed by atoms with Crippen LogP contribution in [0.5, 0.6) is 5.75 Å². The van der Waals surface area contributed by atoms with Crippen LogP contribution in [-0.2, 0) is 25.4 Å². The van der Waals surface area contributed by atoms with Crippen molar-refractivity contribution in [3.63, 3.8) is 0 Å². The van der Waals surface area contributed by atoms with Crippen LogP contribution in [0.1, 0.15) is 57.5 Å². The average Bonchev–Trinajstić information content (AvgIpc) is 2.57. The Balaban J connectivity index is 3.04. The van der Waals surface area contributed by atoms with Gasteiger partial charge in [0.05, 0.1) is 14.2 Å². The number of benzene rings is 1. The van der Waals surface area contributed by atoms with Crippen molar-refractivity contribution in [1.29, 1.82) is 0 Å². The Labute approximate surface area is 171 Å². The maximum Gasteiger partial charge on any atom is 0.408 e. The summed E-state index contributed by atoms with van der Waals surface area (Å²) < 4.78 is 20.7. The topological polar surface area (TPSA) is 100 Å². The van der Waals surface area contributed by atoms with E-state index in [1.54, 1.807) is 59.7 Å². The van der Waals surface area contributed by atoms with Gasteiger partial charge < -0.3 is 24.3 Å². The second-order valence-corrected chi connectivity index (χ2v) is 8.46. The summed E-state index contributed by atoms with van der Waals surface area (Å²) in [5.74, 6) is -0.832. The molecule has 8 heteroatoms. The molecular formula is C21H31NO7. The number of methoxy groups -OCH3 is 2. The number of alkyl carbamates (subject to hydrolysis) is 1. The van der Waals surface area contributed by atoms with Crippen molar-refractivity contribution in [2.45, 2.75) is 65.2 Å². The van der Waals surface area contributed by atoms with E-state index in [0.717, 1.165) is 0 Å². The average molecular weight is 409 g/mol. The fourth-order valence-electron chi connectivity index (χ4n) is 2.39. The number of hydrogen-bond donors (Lipinski definition) is 1. The molecule has 1 amide bonds. The second kappa shape index (κ2) is 9.62. The molecule has 0 saturated carbocycles. The molecule has 0 radical (unpaired) electrons. The number of amides is 1. The molecule has 0 heterocycles. The predicted octanol–water partition coefficient (Wildman–Crippen LogP) is 3.26. The van der Waals surface area contributed by atoms with Gasteiger partial charge in [-0.1, -0.05) is 6.07 Å². The van der Waals surface area contributed by atoms with Gasteiger partial charge in [-0.25, -0.2) is 14.4 Å². The highest BCUT2D eigenvalue weighted by Gasteiger charge is 2.26. The molecule has 0 aliphatic carbocycles. The molecule has 1 unspecified atom stereocenters. The molecule has 1 aromatic rings. The van der Waals surface area contributed by atoms with Gasteiger partial charge >= 0.3 is 18.0 Å². The zero-order valence-corrected chi connectivity index (χ0v) is 18.4. The van der Waals surface area contributed by atoms with Crippen LogP contribution in [0.2, 0.25) is 0 Å². The molecule has 0 aromatic heterocycles. The molecule has 0 aliphatic heterocycles. The van der Waals surface area contributed by atoms with Gasteiger partial charge in [-0.15, -0.1) is 0 Å². The van der Waals surface area contributed by atoms with Crippen LogP contribution in [-0.4, -0.2) is 49.5 Å². The van der Waals surface area contributed by atoms with E-state index in [2.05, 4.69) is 5.32 Å². The smallest absolute Gasteiger partial charge is 0.408 e. The van der Waals surface area contributed by atoms with E-state index in [1.807, 2.05) is 0 Å². The molecule has 0 bridgehead atoms. The minimum absolute atomic E-state index is 0.122. The molecule has 29 heavy (non-hydrogen) atoms. The maximum atomic E-state index is 12.4. The van der Waals surface area contributed by atoms with E-state index in [1.165, 1.54) is 14.2 Å². The van der Waals surface area contributed by atoms with E-state index in [0.29, 0.717) is 11.3 Å². The van der Waals surface area contributed by atoms with Gasteiger partial charge in [0.1, 0.15) is 28.6 Å². The lowest BCUT2D eigenvalue weighted by Gasteiger charge is -2.23. The second-order valence-electron chi connectivity index (χ2n) is 8.46. The lowest BCUT2D eigenvalue weighted by Crippen LogP contribution is -2.45. The first-order chi connectivity index (χ1) is 13.3. The maximum absolute atomic E-state index is 12.4. The molecule has 162 valence electrons. The monoisotopic (exact) mass is 409 g/mol. The van der Waals surface area contributed by atoms with Crippen LogP contribution in [0, 0.1) is 0 Å². The van der Waals surface area contributed by atoms with Crippen LogP contribution in [0.4, 0.5) is 4.79 Å². The third kappa shape index (κ3) is 8.41. The first-order valence-corrected chi connectivity index (χ1v) is 9.23. The lowest BCUT2D eigenvalue weighted by molar-refractivity contribution is -0.143. The summed E-state index contributed by atoms with van der Waals surface area (Å²) in [6.45, 7) is 10.5.